The summed E-state index contributed by atoms with van der Waals surface area (Å²) in [5.74, 6) is -0.469. The summed E-state index contributed by atoms with van der Waals surface area (Å²) in [5, 5.41) is 2.90. The van der Waals surface area contributed by atoms with E-state index in [0.717, 1.165) is 17.9 Å². The summed E-state index contributed by atoms with van der Waals surface area (Å²) in [6.07, 6.45) is 1.10. The van der Waals surface area contributed by atoms with Gasteiger partial charge in [0, 0.05) is 12.8 Å². The molecule has 0 fully saturated rings. The van der Waals surface area contributed by atoms with Crippen LogP contribution in [0.1, 0.15) is 5.56 Å². The van der Waals surface area contributed by atoms with Crippen LogP contribution in [0.2, 0.25) is 0 Å². The Hall–Kier alpha value is -1.88. The number of sulfone groups is 1. The molecule has 0 heterocycles. The van der Waals surface area contributed by atoms with Gasteiger partial charge in [-0.25, -0.2) is 12.8 Å². The quantitative estimate of drug-likeness (QED) is 0.875. The van der Waals surface area contributed by atoms with Crippen molar-refractivity contribution in [2.24, 2.45) is 0 Å². The van der Waals surface area contributed by atoms with Crippen LogP contribution in [0.15, 0.2) is 53.4 Å². The second kappa shape index (κ2) is 5.40. The summed E-state index contributed by atoms with van der Waals surface area (Å²) in [6.45, 7) is 0.435. The van der Waals surface area contributed by atoms with Gasteiger partial charge in [-0.15, -0.1) is 0 Å². The standard InChI is InChI=1S/C14H14FNO2S/c1-19(17,18)12-7-8-13(15)14(9-12)16-10-11-5-3-2-4-6-11/h2-9,16H,10H2,1H3. The Labute approximate surface area is 112 Å². The van der Waals surface area contributed by atoms with Crippen LogP contribution in [-0.4, -0.2) is 14.7 Å². The van der Waals surface area contributed by atoms with Crippen molar-refractivity contribution in [1.82, 2.24) is 0 Å². The first kappa shape index (κ1) is 13.5. The van der Waals surface area contributed by atoms with Gasteiger partial charge in [0.05, 0.1) is 10.6 Å². The minimum absolute atomic E-state index is 0.101. The molecular weight excluding hydrogens is 265 g/mol. The number of hydrogen-bond acceptors (Lipinski definition) is 3. The van der Waals surface area contributed by atoms with Crippen LogP contribution in [0.3, 0.4) is 0 Å². The molecule has 2 aromatic rings. The van der Waals surface area contributed by atoms with Gasteiger partial charge in [0.15, 0.2) is 9.84 Å². The fourth-order valence-electron chi connectivity index (χ4n) is 1.66. The molecular formula is C14H14FNO2S. The van der Waals surface area contributed by atoms with Gasteiger partial charge in [-0.2, -0.15) is 0 Å². The lowest BCUT2D eigenvalue weighted by atomic mass is 10.2. The van der Waals surface area contributed by atoms with Crippen molar-refractivity contribution in [3.05, 3.63) is 59.9 Å². The van der Waals surface area contributed by atoms with E-state index in [9.17, 15) is 12.8 Å². The number of anilines is 1. The molecule has 0 aliphatic heterocycles. The maximum atomic E-state index is 13.6. The Morgan fingerprint density at radius 2 is 1.79 bits per heavy atom. The van der Waals surface area contributed by atoms with Crippen LogP contribution in [0.25, 0.3) is 0 Å². The Kier molecular flexibility index (Phi) is 3.85. The smallest absolute Gasteiger partial charge is 0.175 e. The minimum Gasteiger partial charge on any atom is -0.379 e. The molecule has 0 bridgehead atoms. The third kappa shape index (κ3) is 3.54. The molecule has 0 saturated heterocycles. The van der Waals surface area contributed by atoms with Gasteiger partial charge in [-0.05, 0) is 23.8 Å². The number of halogens is 1. The molecule has 2 rings (SSSR count). The molecule has 0 atom stereocenters. The molecule has 0 radical (unpaired) electrons. The molecule has 0 aliphatic carbocycles. The Morgan fingerprint density at radius 3 is 2.42 bits per heavy atom. The Morgan fingerprint density at radius 1 is 1.11 bits per heavy atom. The molecule has 0 aromatic heterocycles. The lowest BCUT2D eigenvalue weighted by Crippen LogP contribution is -2.04. The lowest BCUT2D eigenvalue weighted by Gasteiger charge is -2.09. The second-order valence-corrected chi connectivity index (χ2v) is 6.27. The van der Waals surface area contributed by atoms with E-state index in [-0.39, 0.29) is 10.6 Å². The summed E-state index contributed by atoms with van der Waals surface area (Å²) in [4.78, 5) is 0.101. The van der Waals surface area contributed by atoms with Gasteiger partial charge < -0.3 is 5.32 Å². The van der Waals surface area contributed by atoms with Crippen LogP contribution in [0, 0.1) is 5.82 Å². The molecule has 100 valence electrons. The Bertz CT molecular complexity index is 669. The summed E-state index contributed by atoms with van der Waals surface area (Å²) < 4.78 is 36.4. The number of rotatable bonds is 4. The third-order valence-corrected chi connectivity index (χ3v) is 3.80. The largest absolute Gasteiger partial charge is 0.379 e. The third-order valence-electron chi connectivity index (χ3n) is 2.69. The van der Waals surface area contributed by atoms with Crippen molar-refractivity contribution in [2.75, 3.05) is 11.6 Å². The summed E-state index contributed by atoms with van der Waals surface area (Å²) in [6, 6.07) is 13.2. The van der Waals surface area contributed by atoms with E-state index >= 15 is 0 Å². The second-order valence-electron chi connectivity index (χ2n) is 4.25. The maximum Gasteiger partial charge on any atom is 0.175 e. The van der Waals surface area contributed by atoms with E-state index < -0.39 is 15.7 Å². The minimum atomic E-state index is -3.33. The first-order chi connectivity index (χ1) is 8.97. The van der Waals surface area contributed by atoms with Crippen molar-refractivity contribution in [1.29, 1.82) is 0 Å². The predicted molar refractivity (Wildman–Crippen MR) is 73.3 cm³/mol. The fourth-order valence-corrected chi connectivity index (χ4v) is 2.31. The maximum absolute atomic E-state index is 13.6. The molecule has 0 amide bonds. The highest BCUT2D eigenvalue weighted by molar-refractivity contribution is 7.90. The highest BCUT2D eigenvalue weighted by Gasteiger charge is 2.10. The van der Waals surface area contributed by atoms with Gasteiger partial charge in [0.2, 0.25) is 0 Å². The Balaban J connectivity index is 2.21. The van der Waals surface area contributed by atoms with Crippen molar-refractivity contribution in [3.8, 4) is 0 Å². The molecule has 0 aliphatic rings. The van der Waals surface area contributed by atoms with Gasteiger partial charge in [-0.3, -0.25) is 0 Å². The topological polar surface area (TPSA) is 46.2 Å². The number of benzene rings is 2. The fraction of sp³-hybridized carbons (Fsp3) is 0.143. The van der Waals surface area contributed by atoms with Crippen LogP contribution < -0.4 is 5.32 Å². The van der Waals surface area contributed by atoms with E-state index in [0.29, 0.717) is 6.54 Å². The average molecular weight is 279 g/mol. The SMILES string of the molecule is CS(=O)(=O)c1ccc(F)c(NCc2ccccc2)c1. The molecule has 0 spiro atoms. The highest BCUT2D eigenvalue weighted by atomic mass is 32.2. The van der Waals surface area contributed by atoms with Crippen LogP contribution >= 0.6 is 0 Å². The van der Waals surface area contributed by atoms with Gasteiger partial charge in [0.1, 0.15) is 5.82 Å². The molecule has 2 aromatic carbocycles. The zero-order valence-electron chi connectivity index (χ0n) is 10.4. The van der Waals surface area contributed by atoms with E-state index in [1.54, 1.807) is 0 Å². The first-order valence-electron chi connectivity index (χ1n) is 5.74. The summed E-state index contributed by atoms with van der Waals surface area (Å²) in [7, 11) is -3.33. The van der Waals surface area contributed by atoms with Crippen LogP contribution in [0.4, 0.5) is 10.1 Å². The van der Waals surface area contributed by atoms with Gasteiger partial charge in [0.25, 0.3) is 0 Å². The van der Waals surface area contributed by atoms with E-state index in [4.69, 9.17) is 0 Å². The average Bonchev–Trinajstić information content (AvgIpc) is 2.37. The van der Waals surface area contributed by atoms with E-state index in [1.165, 1.54) is 12.1 Å². The summed E-state index contributed by atoms with van der Waals surface area (Å²) in [5.41, 5.74) is 1.18. The zero-order valence-corrected chi connectivity index (χ0v) is 11.2. The first-order valence-corrected chi connectivity index (χ1v) is 7.63. The monoisotopic (exact) mass is 279 g/mol. The zero-order chi connectivity index (χ0) is 13.9. The number of hydrogen-bond donors (Lipinski definition) is 1. The van der Waals surface area contributed by atoms with E-state index in [2.05, 4.69) is 5.32 Å². The molecule has 0 unspecified atom stereocenters. The molecule has 1 N–H and O–H groups in total. The molecule has 5 heteroatoms. The molecule has 3 nitrogen and oxygen atoms in total. The van der Waals surface area contributed by atoms with Crippen molar-refractivity contribution < 1.29 is 12.8 Å². The summed E-state index contributed by atoms with van der Waals surface area (Å²) >= 11 is 0. The molecule has 19 heavy (non-hydrogen) atoms. The van der Waals surface area contributed by atoms with Crippen molar-refractivity contribution in [3.63, 3.8) is 0 Å². The normalized spacial score (nSPS) is 11.3. The van der Waals surface area contributed by atoms with Gasteiger partial charge in [-0.1, -0.05) is 30.3 Å². The van der Waals surface area contributed by atoms with E-state index in [1.807, 2.05) is 30.3 Å². The van der Waals surface area contributed by atoms with Crippen LogP contribution in [-0.2, 0) is 16.4 Å². The number of nitrogens with one attached hydrogen (secondary N) is 1. The lowest BCUT2D eigenvalue weighted by molar-refractivity contribution is 0.600. The predicted octanol–water partition coefficient (Wildman–Crippen LogP) is 2.84. The van der Waals surface area contributed by atoms with Crippen molar-refractivity contribution in [2.45, 2.75) is 11.4 Å². The highest BCUT2D eigenvalue weighted by Crippen LogP contribution is 2.20. The molecule has 0 saturated carbocycles. The van der Waals surface area contributed by atoms with Gasteiger partial charge >= 0.3 is 0 Å². The van der Waals surface area contributed by atoms with Crippen molar-refractivity contribution >= 4 is 15.5 Å². The van der Waals surface area contributed by atoms with Crippen LogP contribution in [0.5, 0.6) is 0 Å².